The minimum Gasteiger partial charge on any atom is -0.447 e. The maximum atomic E-state index is 12.9. The second-order valence-corrected chi connectivity index (χ2v) is 8.90. The topological polar surface area (TPSA) is 121 Å². The second kappa shape index (κ2) is 11.9. The summed E-state index contributed by atoms with van der Waals surface area (Å²) < 4.78 is 45.0. The Hall–Kier alpha value is -3.22. The van der Waals surface area contributed by atoms with Crippen molar-refractivity contribution >= 4 is 46.8 Å². The number of alkyl halides is 3. The first kappa shape index (κ1) is 28.4. The minimum absolute atomic E-state index is 0.0785. The van der Waals surface area contributed by atoms with Gasteiger partial charge in [0, 0.05) is 17.1 Å². The molecular formula is C22H19Cl3F3N5O4. The van der Waals surface area contributed by atoms with Crippen LogP contribution in [0.25, 0.3) is 11.4 Å². The van der Waals surface area contributed by atoms with Crippen molar-refractivity contribution in [3.63, 3.8) is 0 Å². The number of hydrogen-bond donors (Lipinski definition) is 2. The molecule has 1 atom stereocenters. The molecule has 0 saturated heterocycles. The van der Waals surface area contributed by atoms with Crippen molar-refractivity contribution in [2.45, 2.75) is 31.7 Å². The van der Waals surface area contributed by atoms with Gasteiger partial charge in [-0.2, -0.15) is 13.2 Å². The van der Waals surface area contributed by atoms with Crippen LogP contribution in [0.3, 0.4) is 0 Å². The summed E-state index contributed by atoms with van der Waals surface area (Å²) in [6, 6.07) is 9.52. The summed E-state index contributed by atoms with van der Waals surface area (Å²) in [5.74, 6) is -0.857. The summed E-state index contributed by atoms with van der Waals surface area (Å²) in [6.45, 7) is -1.79. The number of rotatable bonds is 9. The molecule has 0 bridgehead atoms. The van der Waals surface area contributed by atoms with Gasteiger partial charge in [0.1, 0.15) is 13.2 Å². The smallest absolute Gasteiger partial charge is 0.404 e. The molecule has 0 aliphatic carbocycles. The zero-order valence-corrected chi connectivity index (χ0v) is 21.0. The lowest BCUT2D eigenvalue weighted by Crippen LogP contribution is -2.38. The molecule has 2 aromatic carbocycles. The van der Waals surface area contributed by atoms with Gasteiger partial charge in [0.15, 0.2) is 5.82 Å². The maximum absolute atomic E-state index is 12.9. The monoisotopic (exact) mass is 579 g/mol. The Balaban J connectivity index is 1.90. The predicted octanol–water partition coefficient (Wildman–Crippen LogP) is 4.58. The lowest BCUT2D eigenvalue weighted by molar-refractivity contribution is -0.136. The molecule has 0 spiro atoms. The van der Waals surface area contributed by atoms with Crippen molar-refractivity contribution in [1.82, 2.24) is 19.7 Å². The highest BCUT2D eigenvalue weighted by molar-refractivity contribution is 6.42. The van der Waals surface area contributed by atoms with Gasteiger partial charge in [-0.1, -0.05) is 46.9 Å². The van der Waals surface area contributed by atoms with Crippen molar-refractivity contribution in [3.8, 4) is 11.4 Å². The SMILES string of the molecule is NC(=O)OCC(NC(=O)Cn1nc(-c2ccc(Cl)cc2)n(CCC(F)(F)F)c1=O)c1cccc(Cl)c1Cl. The molecular weight excluding hydrogens is 562 g/mol. The normalized spacial score (nSPS) is 12.3. The third kappa shape index (κ3) is 7.63. The highest BCUT2D eigenvalue weighted by Gasteiger charge is 2.29. The summed E-state index contributed by atoms with van der Waals surface area (Å²) in [4.78, 5) is 36.9. The van der Waals surface area contributed by atoms with Crippen molar-refractivity contribution in [3.05, 3.63) is 73.6 Å². The van der Waals surface area contributed by atoms with Crippen molar-refractivity contribution < 1.29 is 27.5 Å². The second-order valence-electron chi connectivity index (χ2n) is 7.68. The molecule has 3 rings (SSSR count). The number of hydrogen-bond acceptors (Lipinski definition) is 5. The number of nitrogens with one attached hydrogen (secondary N) is 1. The Morgan fingerprint density at radius 3 is 2.41 bits per heavy atom. The van der Waals surface area contributed by atoms with Crippen molar-refractivity contribution in [2.24, 2.45) is 5.73 Å². The number of halogens is 6. The molecule has 198 valence electrons. The highest BCUT2D eigenvalue weighted by Crippen LogP contribution is 2.30. The van der Waals surface area contributed by atoms with Gasteiger partial charge in [-0.05, 0) is 35.9 Å². The summed E-state index contributed by atoms with van der Waals surface area (Å²) >= 11 is 18.1. The fraction of sp³-hybridized carbons (Fsp3) is 0.273. The molecule has 3 aromatic rings. The van der Waals surface area contributed by atoms with Gasteiger partial charge in [0.05, 0.1) is 22.5 Å². The van der Waals surface area contributed by atoms with Gasteiger partial charge in [0.2, 0.25) is 5.91 Å². The van der Waals surface area contributed by atoms with Crippen LogP contribution in [-0.2, 0) is 22.6 Å². The first-order chi connectivity index (χ1) is 17.4. The zero-order valence-electron chi connectivity index (χ0n) is 18.8. The number of benzene rings is 2. The Morgan fingerprint density at radius 2 is 1.78 bits per heavy atom. The molecule has 0 radical (unpaired) electrons. The van der Waals surface area contributed by atoms with Crippen LogP contribution in [0.1, 0.15) is 18.0 Å². The van der Waals surface area contributed by atoms with Crippen LogP contribution in [0, 0.1) is 0 Å². The van der Waals surface area contributed by atoms with E-state index in [9.17, 15) is 27.6 Å². The van der Waals surface area contributed by atoms with Gasteiger partial charge in [-0.3, -0.25) is 9.36 Å². The molecule has 15 heteroatoms. The molecule has 2 amide bonds. The Bertz CT molecular complexity index is 1340. The van der Waals surface area contributed by atoms with E-state index in [0.29, 0.717) is 16.1 Å². The van der Waals surface area contributed by atoms with Gasteiger partial charge in [0.25, 0.3) is 0 Å². The molecule has 0 aliphatic heterocycles. The standard InChI is InChI=1S/C22H19Cl3F3N5O4/c23-13-6-4-12(5-7-13)19-31-33(21(36)32(19)9-8-22(26,27)28)10-17(34)30-16(11-37-20(29)35)14-2-1-3-15(24)18(14)25/h1-7,16H,8-11H2,(H2,29,35)(H,30,34). The van der Waals surface area contributed by atoms with E-state index in [1.54, 1.807) is 6.07 Å². The average Bonchev–Trinajstić information content (AvgIpc) is 3.12. The Labute approximate surface area is 222 Å². The Kier molecular flexibility index (Phi) is 9.11. The van der Waals surface area contributed by atoms with Gasteiger partial charge in [-0.25, -0.2) is 14.3 Å². The van der Waals surface area contributed by atoms with E-state index in [0.717, 1.165) is 9.25 Å². The fourth-order valence-corrected chi connectivity index (χ4v) is 3.90. The van der Waals surface area contributed by atoms with Crippen molar-refractivity contribution in [2.75, 3.05) is 6.61 Å². The van der Waals surface area contributed by atoms with E-state index < -0.39 is 56.0 Å². The molecule has 1 aromatic heterocycles. The van der Waals surface area contributed by atoms with Crippen LogP contribution in [0.4, 0.5) is 18.0 Å². The number of ether oxygens (including phenoxy) is 1. The third-order valence-corrected chi connectivity index (χ3v) is 6.11. The minimum atomic E-state index is -4.53. The van der Waals surface area contributed by atoms with Crippen molar-refractivity contribution in [1.29, 1.82) is 0 Å². The van der Waals surface area contributed by atoms with E-state index in [-0.39, 0.29) is 15.9 Å². The van der Waals surface area contributed by atoms with Gasteiger partial charge < -0.3 is 15.8 Å². The van der Waals surface area contributed by atoms with Crippen LogP contribution in [-0.4, -0.2) is 39.1 Å². The molecule has 0 saturated carbocycles. The fourth-order valence-electron chi connectivity index (χ4n) is 3.34. The van der Waals surface area contributed by atoms with Crippen LogP contribution in [0.15, 0.2) is 47.3 Å². The average molecular weight is 581 g/mol. The number of primary amides is 1. The van der Waals surface area contributed by atoms with Crippen LogP contribution in [0.5, 0.6) is 0 Å². The van der Waals surface area contributed by atoms with Crippen LogP contribution >= 0.6 is 34.8 Å². The number of nitrogens with zero attached hydrogens (tertiary/aromatic N) is 3. The van der Waals surface area contributed by atoms with E-state index >= 15 is 0 Å². The van der Waals surface area contributed by atoms with E-state index in [1.165, 1.54) is 36.4 Å². The maximum Gasteiger partial charge on any atom is 0.404 e. The molecule has 0 aliphatic rings. The van der Waals surface area contributed by atoms with E-state index in [4.69, 9.17) is 45.3 Å². The number of aromatic nitrogens is 3. The quantitative estimate of drug-likeness (QED) is 0.384. The molecule has 1 unspecified atom stereocenters. The largest absolute Gasteiger partial charge is 0.447 e. The lowest BCUT2D eigenvalue weighted by atomic mass is 10.1. The lowest BCUT2D eigenvalue weighted by Gasteiger charge is -2.20. The molecule has 0 fully saturated rings. The third-order valence-electron chi connectivity index (χ3n) is 5.02. The predicted molar refractivity (Wildman–Crippen MR) is 130 cm³/mol. The molecule has 37 heavy (non-hydrogen) atoms. The molecule has 1 heterocycles. The summed E-state index contributed by atoms with van der Waals surface area (Å²) in [5, 5.41) is 7.25. The van der Waals surface area contributed by atoms with E-state index in [2.05, 4.69) is 10.4 Å². The summed E-state index contributed by atoms with van der Waals surface area (Å²) in [6.07, 6.45) is -6.92. The zero-order chi connectivity index (χ0) is 27.3. The van der Waals surface area contributed by atoms with Crippen LogP contribution < -0.4 is 16.7 Å². The number of carbonyl (C=O) groups is 2. The van der Waals surface area contributed by atoms with Crippen LogP contribution in [0.2, 0.25) is 15.1 Å². The van der Waals surface area contributed by atoms with Gasteiger partial charge in [-0.15, -0.1) is 5.10 Å². The number of nitrogens with two attached hydrogens (primary N) is 1. The molecule has 3 N–H and O–H groups in total. The first-order valence-corrected chi connectivity index (χ1v) is 11.6. The Morgan fingerprint density at radius 1 is 1.11 bits per heavy atom. The number of carbonyl (C=O) groups excluding carboxylic acids is 2. The number of amides is 2. The summed E-state index contributed by atoms with van der Waals surface area (Å²) in [7, 11) is 0. The first-order valence-electron chi connectivity index (χ1n) is 10.5. The summed E-state index contributed by atoms with van der Waals surface area (Å²) in [5.41, 5.74) is 4.71. The van der Waals surface area contributed by atoms with Gasteiger partial charge >= 0.3 is 18.0 Å². The molecule has 9 nitrogen and oxygen atoms in total. The van der Waals surface area contributed by atoms with E-state index in [1.807, 2.05) is 0 Å². The highest BCUT2D eigenvalue weighted by atomic mass is 35.5.